The van der Waals surface area contributed by atoms with E-state index in [4.69, 9.17) is 9.47 Å². The van der Waals surface area contributed by atoms with Crippen molar-refractivity contribution in [3.8, 4) is 11.5 Å². The first-order valence-corrected chi connectivity index (χ1v) is 4.67. The van der Waals surface area contributed by atoms with E-state index in [0.29, 0.717) is 5.75 Å². The fourth-order valence-corrected chi connectivity index (χ4v) is 1.80. The van der Waals surface area contributed by atoms with Crippen LogP contribution in [0.1, 0.15) is 11.7 Å². The lowest BCUT2D eigenvalue weighted by Crippen LogP contribution is -2.02. The van der Waals surface area contributed by atoms with Gasteiger partial charge in [0.2, 0.25) is 12.7 Å². The molecule has 2 heterocycles. The van der Waals surface area contributed by atoms with Gasteiger partial charge in [-0.15, -0.1) is 0 Å². The topological polar surface area (TPSA) is 40.5 Å². The van der Waals surface area contributed by atoms with Gasteiger partial charge in [-0.2, -0.15) is 0 Å². The van der Waals surface area contributed by atoms with Crippen LogP contribution in [0.2, 0.25) is 0 Å². The van der Waals surface area contributed by atoms with Crippen LogP contribution < -0.4 is 9.47 Å². The van der Waals surface area contributed by atoms with Crippen LogP contribution >= 0.6 is 0 Å². The summed E-state index contributed by atoms with van der Waals surface area (Å²) in [5.74, 6) is 1.43. The number of hydrogen-bond acceptors (Lipinski definition) is 3. The summed E-state index contributed by atoms with van der Waals surface area (Å²) < 4.78 is 12.1. The predicted octanol–water partition coefficient (Wildman–Crippen LogP) is 2.03. The maximum atomic E-state index is 11.3. The van der Waals surface area contributed by atoms with E-state index in [1.54, 1.807) is 10.8 Å². The van der Waals surface area contributed by atoms with E-state index in [1.165, 1.54) is 6.92 Å². The first kappa shape index (κ1) is 8.35. The van der Waals surface area contributed by atoms with E-state index in [9.17, 15) is 4.79 Å². The molecule has 0 N–H and O–H groups in total. The van der Waals surface area contributed by atoms with E-state index in [2.05, 4.69) is 0 Å². The van der Waals surface area contributed by atoms with Crippen LogP contribution in [0.25, 0.3) is 10.9 Å². The van der Waals surface area contributed by atoms with Gasteiger partial charge < -0.3 is 9.47 Å². The van der Waals surface area contributed by atoms with Gasteiger partial charge in [0.1, 0.15) is 0 Å². The van der Waals surface area contributed by atoms with E-state index >= 15 is 0 Å². The second-order valence-electron chi connectivity index (χ2n) is 3.47. The monoisotopic (exact) mass is 203 g/mol. The summed E-state index contributed by atoms with van der Waals surface area (Å²) in [5.41, 5.74) is 0.853. The fourth-order valence-electron chi connectivity index (χ4n) is 1.80. The average molecular weight is 203 g/mol. The number of carbonyl (C=O) groups excluding carboxylic acids is 1. The molecular formula is C11H9NO3. The van der Waals surface area contributed by atoms with Crippen LogP contribution in [0.4, 0.5) is 0 Å². The van der Waals surface area contributed by atoms with Gasteiger partial charge in [-0.3, -0.25) is 9.36 Å². The first-order chi connectivity index (χ1) is 7.25. The van der Waals surface area contributed by atoms with Crippen LogP contribution in [0, 0.1) is 0 Å². The SMILES string of the molecule is CC(=O)n1ccc2cc3c(cc21)OCO3. The maximum Gasteiger partial charge on any atom is 0.231 e. The second kappa shape index (κ2) is 2.76. The average Bonchev–Trinajstić information content (AvgIpc) is 2.77. The fraction of sp³-hybridized carbons (Fsp3) is 0.182. The smallest absolute Gasteiger partial charge is 0.231 e. The molecule has 1 aromatic carbocycles. The van der Waals surface area contributed by atoms with Crippen molar-refractivity contribution >= 4 is 16.8 Å². The molecule has 0 saturated carbocycles. The van der Waals surface area contributed by atoms with Gasteiger partial charge in [0.05, 0.1) is 5.52 Å². The van der Waals surface area contributed by atoms with Crippen LogP contribution in [-0.4, -0.2) is 17.3 Å². The highest BCUT2D eigenvalue weighted by molar-refractivity contribution is 5.93. The van der Waals surface area contributed by atoms with Crippen LogP contribution in [0.5, 0.6) is 11.5 Å². The molecule has 0 spiro atoms. The predicted molar refractivity (Wildman–Crippen MR) is 54.4 cm³/mol. The van der Waals surface area contributed by atoms with Gasteiger partial charge >= 0.3 is 0 Å². The summed E-state index contributed by atoms with van der Waals surface area (Å²) in [7, 11) is 0. The van der Waals surface area contributed by atoms with E-state index in [-0.39, 0.29) is 12.7 Å². The molecule has 0 unspecified atom stereocenters. The number of fused-ring (bicyclic) bond motifs is 2. The molecule has 76 valence electrons. The van der Waals surface area contributed by atoms with Gasteiger partial charge in [-0.05, 0) is 12.1 Å². The Morgan fingerprint density at radius 1 is 1.33 bits per heavy atom. The number of benzene rings is 1. The summed E-state index contributed by atoms with van der Waals surface area (Å²) >= 11 is 0. The standard InChI is InChI=1S/C11H9NO3/c1-7(13)12-3-2-8-4-10-11(5-9(8)12)15-6-14-10/h2-5H,6H2,1H3. The first-order valence-electron chi connectivity index (χ1n) is 4.67. The zero-order valence-corrected chi connectivity index (χ0v) is 8.19. The van der Waals surface area contributed by atoms with Gasteiger partial charge in [0.15, 0.2) is 11.5 Å². The van der Waals surface area contributed by atoms with Crippen molar-refractivity contribution in [3.05, 3.63) is 24.4 Å². The highest BCUT2D eigenvalue weighted by atomic mass is 16.7. The summed E-state index contributed by atoms with van der Waals surface area (Å²) in [6, 6.07) is 5.61. The van der Waals surface area contributed by atoms with E-state index < -0.39 is 0 Å². The van der Waals surface area contributed by atoms with Crippen molar-refractivity contribution in [2.75, 3.05) is 6.79 Å². The molecular weight excluding hydrogens is 194 g/mol. The minimum Gasteiger partial charge on any atom is -0.454 e. The van der Waals surface area contributed by atoms with Crippen LogP contribution in [0.3, 0.4) is 0 Å². The summed E-state index contributed by atoms with van der Waals surface area (Å²) in [6.07, 6.45) is 1.75. The Balaban J connectivity index is 2.31. The molecule has 0 saturated heterocycles. The molecule has 1 aliphatic rings. The highest BCUT2D eigenvalue weighted by Crippen LogP contribution is 2.36. The van der Waals surface area contributed by atoms with Gasteiger partial charge in [-0.1, -0.05) is 0 Å². The number of nitrogens with zero attached hydrogens (tertiary/aromatic N) is 1. The third-order valence-corrected chi connectivity index (χ3v) is 2.52. The normalized spacial score (nSPS) is 13.4. The number of rotatable bonds is 0. The second-order valence-corrected chi connectivity index (χ2v) is 3.47. The van der Waals surface area contributed by atoms with E-state index in [1.807, 2.05) is 18.2 Å². The van der Waals surface area contributed by atoms with Crippen LogP contribution in [-0.2, 0) is 0 Å². The van der Waals surface area contributed by atoms with Crippen molar-refractivity contribution in [3.63, 3.8) is 0 Å². The zero-order valence-electron chi connectivity index (χ0n) is 8.19. The molecule has 2 aromatic rings. The Morgan fingerprint density at radius 3 is 2.80 bits per heavy atom. The Kier molecular flexibility index (Phi) is 1.54. The molecule has 0 fully saturated rings. The molecule has 0 aliphatic carbocycles. The van der Waals surface area contributed by atoms with Crippen molar-refractivity contribution in [2.24, 2.45) is 0 Å². The van der Waals surface area contributed by atoms with Gasteiger partial charge in [0.25, 0.3) is 0 Å². The number of aromatic nitrogens is 1. The van der Waals surface area contributed by atoms with Crippen molar-refractivity contribution in [2.45, 2.75) is 6.92 Å². The largest absolute Gasteiger partial charge is 0.454 e. The molecule has 4 nitrogen and oxygen atoms in total. The molecule has 4 heteroatoms. The molecule has 3 rings (SSSR count). The summed E-state index contributed by atoms with van der Waals surface area (Å²) in [4.78, 5) is 11.3. The number of carbonyl (C=O) groups is 1. The molecule has 1 aliphatic heterocycles. The minimum atomic E-state index is -0.0103. The molecule has 0 atom stereocenters. The lowest BCUT2D eigenvalue weighted by atomic mass is 10.2. The quantitative estimate of drug-likeness (QED) is 0.657. The summed E-state index contributed by atoms with van der Waals surface area (Å²) in [6.45, 7) is 1.78. The molecule has 0 radical (unpaired) electrons. The Hall–Kier alpha value is -1.97. The Labute approximate surface area is 86.0 Å². The third kappa shape index (κ3) is 1.11. The van der Waals surface area contributed by atoms with E-state index in [0.717, 1.165) is 16.7 Å². The minimum absolute atomic E-state index is 0.0103. The number of hydrogen-bond donors (Lipinski definition) is 0. The van der Waals surface area contributed by atoms with Crippen LogP contribution in [0.15, 0.2) is 24.4 Å². The van der Waals surface area contributed by atoms with Gasteiger partial charge in [0, 0.05) is 24.6 Å². The third-order valence-electron chi connectivity index (χ3n) is 2.52. The summed E-state index contributed by atoms with van der Waals surface area (Å²) in [5, 5.41) is 0.981. The zero-order chi connectivity index (χ0) is 10.4. The Morgan fingerprint density at radius 2 is 2.07 bits per heavy atom. The van der Waals surface area contributed by atoms with Crippen molar-refractivity contribution < 1.29 is 14.3 Å². The lowest BCUT2D eigenvalue weighted by molar-refractivity contribution is 0.0941. The van der Waals surface area contributed by atoms with Crippen molar-refractivity contribution in [1.82, 2.24) is 4.57 Å². The Bertz CT molecular complexity index is 556. The molecule has 1 aromatic heterocycles. The molecule has 15 heavy (non-hydrogen) atoms. The number of ether oxygens (including phenoxy) is 2. The van der Waals surface area contributed by atoms with Crippen molar-refractivity contribution in [1.29, 1.82) is 0 Å². The molecule has 0 bridgehead atoms. The lowest BCUT2D eigenvalue weighted by Gasteiger charge is -2.00. The molecule has 0 amide bonds. The van der Waals surface area contributed by atoms with Gasteiger partial charge in [-0.25, -0.2) is 0 Å². The maximum absolute atomic E-state index is 11.3. The highest BCUT2D eigenvalue weighted by Gasteiger charge is 2.16.